The molecule has 0 heterocycles. The zero-order valence-corrected chi connectivity index (χ0v) is 11.9. The van der Waals surface area contributed by atoms with E-state index in [1.54, 1.807) is 24.3 Å². The molecule has 0 saturated heterocycles. The van der Waals surface area contributed by atoms with Crippen LogP contribution in [0.3, 0.4) is 0 Å². The van der Waals surface area contributed by atoms with Gasteiger partial charge in [-0.3, -0.25) is 4.79 Å². The molecule has 2 aromatic carbocycles. The molecular weight excluding hydrogens is 282 g/mol. The summed E-state index contributed by atoms with van der Waals surface area (Å²) in [6.45, 7) is 0.462. The number of nitroso groups, excluding NO2 is 1. The van der Waals surface area contributed by atoms with Gasteiger partial charge in [0, 0.05) is 21.7 Å². The predicted molar refractivity (Wildman–Crippen MR) is 81.1 cm³/mol. The Morgan fingerprint density at radius 1 is 1.14 bits per heavy atom. The van der Waals surface area contributed by atoms with E-state index in [1.165, 1.54) is 12.1 Å². The topological polar surface area (TPSA) is 76.0 Å². The maximum Gasteiger partial charge on any atom is 0.316 e. The SMILES string of the molecule is O=NC(=O)c1ccc(OCC2(c3ccccc3O)CC2)cc1. The van der Waals surface area contributed by atoms with Crippen molar-refractivity contribution >= 4 is 5.91 Å². The zero-order valence-electron chi connectivity index (χ0n) is 11.9. The molecule has 0 aromatic heterocycles. The second kappa shape index (κ2) is 5.60. The fraction of sp³-hybridized carbons (Fsp3) is 0.235. The van der Waals surface area contributed by atoms with Gasteiger partial charge in [0.05, 0.1) is 6.61 Å². The smallest absolute Gasteiger partial charge is 0.316 e. The molecule has 5 nitrogen and oxygen atoms in total. The molecule has 5 heteroatoms. The highest BCUT2D eigenvalue weighted by Gasteiger charge is 2.46. The molecule has 1 aliphatic rings. The summed E-state index contributed by atoms with van der Waals surface area (Å²) in [5, 5.41) is 12.4. The number of carbonyl (C=O) groups excluding carboxylic acids is 1. The first-order valence-corrected chi connectivity index (χ1v) is 7.04. The molecule has 22 heavy (non-hydrogen) atoms. The molecule has 1 aliphatic carbocycles. The number of hydrogen-bond acceptors (Lipinski definition) is 4. The summed E-state index contributed by atoms with van der Waals surface area (Å²) in [7, 11) is 0. The molecule has 3 rings (SSSR count). The molecule has 1 amide bonds. The van der Waals surface area contributed by atoms with Crippen molar-refractivity contribution in [2.45, 2.75) is 18.3 Å². The Bertz CT molecular complexity index is 705. The normalized spacial score (nSPS) is 15.1. The Morgan fingerprint density at radius 2 is 1.82 bits per heavy atom. The number of nitrogens with zero attached hydrogens (tertiary/aromatic N) is 1. The standard InChI is InChI=1S/C17H15NO4/c19-15-4-2-1-3-14(15)17(9-10-17)11-22-13-7-5-12(6-8-13)16(20)18-21/h1-8,19H,9-11H2. The van der Waals surface area contributed by atoms with Gasteiger partial charge >= 0.3 is 5.91 Å². The lowest BCUT2D eigenvalue weighted by Gasteiger charge is -2.18. The summed E-state index contributed by atoms with van der Waals surface area (Å²) < 4.78 is 5.78. The van der Waals surface area contributed by atoms with Crippen LogP contribution in [0.2, 0.25) is 0 Å². The number of ether oxygens (including phenoxy) is 1. The van der Waals surface area contributed by atoms with E-state index in [4.69, 9.17) is 4.74 Å². The van der Waals surface area contributed by atoms with Crippen molar-refractivity contribution in [3.05, 3.63) is 64.6 Å². The third-order valence-electron chi connectivity index (χ3n) is 4.03. The Morgan fingerprint density at radius 3 is 2.41 bits per heavy atom. The molecular formula is C17H15NO4. The number of carbonyl (C=O) groups is 1. The van der Waals surface area contributed by atoms with Gasteiger partial charge in [-0.2, -0.15) is 0 Å². The summed E-state index contributed by atoms with van der Waals surface area (Å²) in [6, 6.07) is 13.6. The highest BCUT2D eigenvalue weighted by atomic mass is 16.5. The molecule has 0 atom stereocenters. The van der Waals surface area contributed by atoms with E-state index in [0.29, 0.717) is 18.1 Å². The van der Waals surface area contributed by atoms with Crippen molar-refractivity contribution in [3.8, 4) is 11.5 Å². The zero-order chi connectivity index (χ0) is 15.6. The molecule has 1 saturated carbocycles. The van der Waals surface area contributed by atoms with E-state index < -0.39 is 5.91 Å². The molecule has 0 unspecified atom stereocenters. The van der Waals surface area contributed by atoms with Crippen LogP contribution >= 0.6 is 0 Å². The molecule has 112 valence electrons. The van der Waals surface area contributed by atoms with Crippen LogP contribution in [-0.4, -0.2) is 17.6 Å². The summed E-state index contributed by atoms with van der Waals surface area (Å²) in [5.41, 5.74) is 1.01. The first-order valence-electron chi connectivity index (χ1n) is 7.04. The maximum absolute atomic E-state index is 11.1. The fourth-order valence-corrected chi connectivity index (χ4v) is 2.53. The summed E-state index contributed by atoms with van der Waals surface area (Å²) in [4.78, 5) is 21.3. The summed E-state index contributed by atoms with van der Waals surface area (Å²) in [6.07, 6.45) is 1.94. The maximum atomic E-state index is 11.1. The number of hydrogen-bond donors (Lipinski definition) is 1. The second-order valence-electron chi connectivity index (χ2n) is 5.51. The average molecular weight is 297 g/mol. The number of benzene rings is 2. The lowest BCUT2D eigenvalue weighted by Crippen LogP contribution is -2.17. The van der Waals surface area contributed by atoms with E-state index in [1.807, 2.05) is 12.1 Å². The Balaban J connectivity index is 1.69. The molecule has 0 radical (unpaired) electrons. The van der Waals surface area contributed by atoms with Gasteiger partial charge in [-0.05, 0) is 43.2 Å². The van der Waals surface area contributed by atoms with E-state index in [9.17, 15) is 14.8 Å². The number of para-hydroxylation sites is 1. The second-order valence-corrected chi connectivity index (χ2v) is 5.51. The number of rotatable bonds is 5. The lowest BCUT2D eigenvalue weighted by molar-refractivity contribution is 0.100. The third kappa shape index (κ3) is 2.70. The third-order valence-corrected chi connectivity index (χ3v) is 4.03. The molecule has 1 fully saturated rings. The van der Waals surface area contributed by atoms with Gasteiger partial charge in [-0.1, -0.05) is 18.2 Å². The summed E-state index contributed by atoms with van der Waals surface area (Å²) >= 11 is 0. The number of amides is 1. The lowest BCUT2D eigenvalue weighted by atomic mass is 9.96. The largest absolute Gasteiger partial charge is 0.508 e. The number of aromatic hydroxyl groups is 1. The van der Waals surface area contributed by atoms with Gasteiger partial charge in [0.25, 0.3) is 0 Å². The van der Waals surface area contributed by atoms with Crippen LogP contribution in [0.25, 0.3) is 0 Å². The van der Waals surface area contributed by atoms with Gasteiger partial charge in [0.2, 0.25) is 0 Å². The van der Waals surface area contributed by atoms with E-state index in [0.717, 1.165) is 18.4 Å². The van der Waals surface area contributed by atoms with Gasteiger partial charge in [-0.15, -0.1) is 4.91 Å². The van der Waals surface area contributed by atoms with Crippen molar-refractivity contribution in [3.63, 3.8) is 0 Å². The van der Waals surface area contributed by atoms with Crippen molar-refractivity contribution in [1.29, 1.82) is 0 Å². The van der Waals surface area contributed by atoms with Gasteiger partial charge in [0.1, 0.15) is 11.5 Å². The Labute approximate surface area is 127 Å². The molecule has 0 spiro atoms. The van der Waals surface area contributed by atoms with Crippen LogP contribution in [-0.2, 0) is 5.41 Å². The number of phenolic OH excluding ortho intramolecular Hbond substituents is 1. The van der Waals surface area contributed by atoms with Crippen molar-refractivity contribution < 1.29 is 14.6 Å². The van der Waals surface area contributed by atoms with Crippen LogP contribution in [0.15, 0.2) is 53.7 Å². The highest BCUT2D eigenvalue weighted by molar-refractivity contribution is 5.94. The quantitative estimate of drug-likeness (QED) is 0.858. The monoisotopic (exact) mass is 297 g/mol. The Hall–Kier alpha value is -2.69. The minimum Gasteiger partial charge on any atom is -0.508 e. The van der Waals surface area contributed by atoms with E-state index >= 15 is 0 Å². The molecule has 2 aromatic rings. The highest BCUT2D eigenvalue weighted by Crippen LogP contribution is 2.51. The first-order chi connectivity index (χ1) is 10.6. The van der Waals surface area contributed by atoms with Crippen LogP contribution < -0.4 is 4.74 Å². The van der Waals surface area contributed by atoms with Gasteiger partial charge in [-0.25, -0.2) is 0 Å². The van der Waals surface area contributed by atoms with Crippen molar-refractivity contribution in [2.75, 3.05) is 6.61 Å². The molecule has 1 N–H and O–H groups in total. The fourth-order valence-electron chi connectivity index (χ4n) is 2.53. The predicted octanol–water partition coefficient (Wildman–Crippen LogP) is 3.41. The Kier molecular flexibility index (Phi) is 3.63. The molecule has 0 aliphatic heterocycles. The van der Waals surface area contributed by atoms with Crippen LogP contribution in [0, 0.1) is 4.91 Å². The minimum atomic E-state index is -0.792. The van der Waals surface area contributed by atoms with Crippen LogP contribution in [0.1, 0.15) is 28.8 Å². The number of phenols is 1. The minimum absolute atomic E-state index is 0.135. The molecule has 0 bridgehead atoms. The van der Waals surface area contributed by atoms with Crippen molar-refractivity contribution in [2.24, 2.45) is 5.18 Å². The van der Waals surface area contributed by atoms with Gasteiger partial charge in [0.15, 0.2) is 0 Å². The van der Waals surface area contributed by atoms with Gasteiger partial charge < -0.3 is 9.84 Å². The van der Waals surface area contributed by atoms with Crippen molar-refractivity contribution in [1.82, 2.24) is 0 Å². The summed E-state index contributed by atoms with van der Waals surface area (Å²) in [5.74, 6) is 0.116. The van der Waals surface area contributed by atoms with E-state index in [2.05, 4.69) is 5.18 Å². The first kappa shape index (κ1) is 14.3. The van der Waals surface area contributed by atoms with Crippen LogP contribution in [0.4, 0.5) is 0 Å². The average Bonchev–Trinajstić information content (AvgIpc) is 3.34. The van der Waals surface area contributed by atoms with E-state index in [-0.39, 0.29) is 11.0 Å². The van der Waals surface area contributed by atoms with Crippen LogP contribution in [0.5, 0.6) is 11.5 Å².